The van der Waals surface area contributed by atoms with Gasteiger partial charge in [-0.05, 0) is 29.3 Å². The third-order valence-electron chi connectivity index (χ3n) is 3.77. The Morgan fingerprint density at radius 3 is 2.90 bits per heavy atom. The Morgan fingerprint density at radius 2 is 2.29 bits per heavy atom. The van der Waals surface area contributed by atoms with Gasteiger partial charge in [0, 0.05) is 33.2 Å². The lowest BCUT2D eigenvalue weighted by atomic mass is 10.1. The van der Waals surface area contributed by atoms with E-state index in [-0.39, 0.29) is 12.0 Å². The zero-order chi connectivity index (χ0) is 15.4. The van der Waals surface area contributed by atoms with Crippen LogP contribution in [0.15, 0.2) is 4.47 Å². The number of aromatic nitrogens is 2. The van der Waals surface area contributed by atoms with Crippen LogP contribution in [0.3, 0.4) is 0 Å². The smallest absolute Gasteiger partial charge is 0.324 e. The van der Waals surface area contributed by atoms with Crippen LogP contribution in [-0.2, 0) is 29.5 Å². The van der Waals surface area contributed by atoms with Gasteiger partial charge in [0.25, 0.3) is 0 Å². The summed E-state index contributed by atoms with van der Waals surface area (Å²) in [5.74, 6) is -0.154. The summed E-state index contributed by atoms with van der Waals surface area (Å²) in [6, 6.07) is -0.231. The van der Waals surface area contributed by atoms with Crippen molar-refractivity contribution in [1.82, 2.24) is 20.0 Å². The molecular weight excluding hydrogens is 336 g/mol. The fraction of sp³-hybridized carbons (Fsp3) is 0.714. The lowest BCUT2D eigenvalue weighted by Gasteiger charge is -2.34. The second kappa shape index (κ2) is 7.38. The number of nitrogens with zero attached hydrogens (tertiary/aromatic N) is 3. The van der Waals surface area contributed by atoms with Crippen LogP contribution in [0.5, 0.6) is 0 Å². The zero-order valence-electron chi connectivity index (χ0n) is 12.9. The molecule has 1 aliphatic rings. The van der Waals surface area contributed by atoms with Crippen molar-refractivity contribution >= 4 is 21.9 Å². The monoisotopic (exact) mass is 358 g/mol. The molecule has 1 aromatic rings. The summed E-state index contributed by atoms with van der Waals surface area (Å²) in [5.41, 5.74) is 2.15. The first-order valence-corrected chi connectivity index (χ1v) is 8.19. The fourth-order valence-corrected chi connectivity index (χ4v) is 3.33. The van der Waals surface area contributed by atoms with Crippen molar-refractivity contribution in [2.45, 2.75) is 32.9 Å². The van der Waals surface area contributed by atoms with Crippen molar-refractivity contribution in [3.05, 3.63) is 15.9 Å². The van der Waals surface area contributed by atoms with Crippen LogP contribution in [0.2, 0.25) is 0 Å². The minimum atomic E-state index is -0.231. The molecule has 1 atom stereocenters. The number of piperazine rings is 1. The molecule has 1 unspecified atom stereocenters. The van der Waals surface area contributed by atoms with Gasteiger partial charge < -0.3 is 10.1 Å². The summed E-state index contributed by atoms with van der Waals surface area (Å²) in [7, 11) is 1.95. The third kappa shape index (κ3) is 3.64. The van der Waals surface area contributed by atoms with E-state index in [1.807, 2.05) is 18.7 Å². The van der Waals surface area contributed by atoms with E-state index in [9.17, 15) is 4.79 Å². The Labute approximate surface area is 133 Å². The van der Waals surface area contributed by atoms with Crippen LogP contribution in [0.1, 0.15) is 25.2 Å². The number of rotatable bonds is 5. The number of carbonyl (C=O) groups excluding carboxylic acids is 1. The average molecular weight is 359 g/mol. The molecule has 0 radical (unpaired) electrons. The van der Waals surface area contributed by atoms with Gasteiger partial charge in [0.2, 0.25) is 0 Å². The van der Waals surface area contributed by atoms with Crippen molar-refractivity contribution in [2.24, 2.45) is 7.05 Å². The van der Waals surface area contributed by atoms with Crippen molar-refractivity contribution in [3.63, 3.8) is 0 Å². The molecule has 7 heteroatoms. The summed E-state index contributed by atoms with van der Waals surface area (Å²) < 4.78 is 8.13. The van der Waals surface area contributed by atoms with E-state index in [0.29, 0.717) is 19.7 Å². The van der Waals surface area contributed by atoms with Gasteiger partial charge in [0.1, 0.15) is 6.04 Å². The normalized spacial score (nSPS) is 19.7. The molecule has 1 N–H and O–H groups in total. The maximum Gasteiger partial charge on any atom is 0.324 e. The van der Waals surface area contributed by atoms with Crippen molar-refractivity contribution in [2.75, 3.05) is 26.2 Å². The Balaban J connectivity index is 2.16. The Bertz CT molecular complexity index is 503. The number of hydrogen-bond acceptors (Lipinski definition) is 5. The largest absolute Gasteiger partial charge is 0.465 e. The van der Waals surface area contributed by atoms with Gasteiger partial charge in [0.05, 0.1) is 22.5 Å². The molecule has 1 aromatic heterocycles. The van der Waals surface area contributed by atoms with Crippen LogP contribution in [0, 0.1) is 0 Å². The highest BCUT2D eigenvalue weighted by Crippen LogP contribution is 2.24. The molecule has 1 aliphatic heterocycles. The van der Waals surface area contributed by atoms with Gasteiger partial charge in [-0.25, -0.2) is 0 Å². The SMILES string of the molecule is CCOC(=O)C1CNCCN1Cc1c(Br)c(CC)nn1C. The maximum atomic E-state index is 12.1. The second-order valence-electron chi connectivity index (χ2n) is 5.13. The van der Waals surface area contributed by atoms with Crippen LogP contribution < -0.4 is 5.32 Å². The van der Waals surface area contributed by atoms with Crippen LogP contribution in [-0.4, -0.2) is 52.9 Å². The predicted octanol–water partition coefficient (Wildman–Crippen LogP) is 1.08. The molecule has 0 amide bonds. The maximum absolute atomic E-state index is 12.1. The zero-order valence-corrected chi connectivity index (χ0v) is 14.4. The highest BCUT2D eigenvalue weighted by Gasteiger charge is 2.31. The van der Waals surface area contributed by atoms with Gasteiger partial charge in [-0.15, -0.1) is 0 Å². The highest BCUT2D eigenvalue weighted by atomic mass is 79.9. The first-order chi connectivity index (χ1) is 10.1. The first kappa shape index (κ1) is 16.5. The number of carbonyl (C=O) groups is 1. The van der Waals surface area contributed by atoms with E-state index < -0.39 is 0 Å². The average Bonchev–Trinajstić information content (AvgIpc) is 2.75. The third-order valence-corrected chi connectivity index (χ3v) is 4.68. The topological polar surface area (TPSA) is 59.4 Å². The summed E-state index contributed by atoms with van der Waals surface area (Å²) in [6.45, 7) is 7.37. The molecule has 1 saturated heterocycles. The minimum Gasteiger partial charge on any atom is -0.465 e. The lowest BCUT2D eigenvalue weighted by Crippen LogP contribution is -2.55. The van der Waals surface area contributed by atoms with E-state index in [1.165, 1.54) is 0 Å². The van der Waals surface area contributed by atoms with Gasteiger partial charge in [0.15, 0.2) is 0 Å². The first-order valence-electron chi connectivity index (χ1n) is 7.40. The molecule has 0 spiro atoms. The molecule has 0 aromatic carbocycles. The number of hydrogen-bond donors (Lipinski definition) is 1. The van der Waals surface area contributed by atoms with Gasteiger partial charge in [-0.1, -0.05) is 6.92 Å². The Hall–Kier alpha value is -0.920. The predicted molar refractivity (Wildman–Crippen MR) is 84.0 cm³/mol. The Morgan fingerprint density at radius 1 is 1.52 bits per heavy atom. The van der Waals surface area contributed by atoms with Crippen LogP contribution in [0.4, 0.5) is 0 Å². The molecular formula is C14H23BrN4O2. The molecule has 0 saturated carbocycles. The van der Waals surface area contributed by atoms with Crippen LogP contribution >= 0.6 is 15.9 Å². The molecule has 21 heavy (non-hydrogen) atoms. The van der Waals surface area contributed by atoms with Crippen molar-refractivity contribution < 1.29 is 9.53 Å². The minimum absolute atomic E-state index is 0.154. The molecule has 0 bridgehead atoms. The van der Waals surface area contributed by atoms with Crippen molar-refractivity contribution in [3.8, 4) is 0 Å². The van der Waals surface area contributed by atoms with Gasteiger partial charge in [-0.2, -0.15) is 5.10 Å². The summed E-state index contributed by atoms with van der Waals surface area (Å²) in [5, 5.41) is 7.77. The van der Waals surface area contributed by atoms with E-state index in [4.69, 9.17) is 4.74 Å². The number of aryl methyl sites for hydroxylation is 2. The van der Waals surface area contributed by atoms with E-state index >= 15 is 0 Å². The number of ether oxygens (including phenoxy) is 1. The quantitative estimate of drug-likeness (QED) is 0.798. The second-order valence-corrected chi connectivity index (χ2v) is 5.92. The standard InChI is InChI=1S/C14H23BrN4O2/c1-4-10-13(15)12(18(3)17-10)9-19-7-6-16-8-11(19)14(20)21-5-2/h11,16H,4-9H2,1-3H3. The fourth-order valence-electron chi connectivity index (χ4n) is 2.59. The molecule has 118 valence electrons. The number of esters is 1. The number of halogens is 1. The summed E-state index contributed by atoms with van der Waals surface area (Å²) in [6.07, 6.45) is 0.886. The van der Waals surface area contributed by atoms with Crippen molar-refractivity contribution in [1.29, 1.82) is 0 Å². The lowest BCUT2D eigenvalue weighted by molar-refractivity contribution is -0.150. The van der Waals surface area contributed by atoms with Gasteiger partial charge in [-0.3, -0.25) is 14.4 Å². The number of nitrogens with one attached hydrogen (secondary N) is 1. The van der Waals surface area contributed by atoms with E-state index in [1.54, 1.807) is 0 Å². The van der Waals surface area contributed by atoms with Crippen LogP contribution in [0.25, 0.3) is 0 Å². The van der Waals surface area contributed by atoms with Gasteiger partial charge >= 0.3 is 5.97 Å². The summed E-state index contributed by atoms with van der Waals surface area (Å²) >= 11 is 3.63. The molecule has 6 nitrogen and oxygen atoms in total. The van der Waals surface area contributed by atoms with E-state index in [0.717, 1.165) is 35.4 Å². The molecule has 0 aliphatic carbocycles. The molecule has 2 rings (SSSR count). The highest BCUT2D eigenvalue weighted by molar-refractivity contribution is 9.10. The van der Waals surface area contributed by atoms with E-state index in [2.05, 4.69) is 38.2 Å². The molecule has 1 fully saturated rings. The molecule has 2 heterocycles. The summed E-state index contributed by atoms with van der Waals surface area (Å²) in [4.78, 5) is 14.3. The Kier molecular flexibility index (Phi) is 5.78.